The number of anilines is 1. The van der Waals surface area contributed by atoms with Gasteiger partial charge in [0.15, 0.2) is 0 Å². The van der Waals surface area contributed by atoms with Crippen molar-refractivity contribution in [2.45, 2.75) is 25.6 Å². The van der Waals surface area contributed by atoms with Crippen molar-refractivity contribution in [3.05, 3.63) is 47.1 Å². The van der Waals surface area contributed by atoms with Gasteiger partial charge in [-0.2, -0.15) is 13.2 Å². The van der Waals surface area contributed by atoms with Crippen molar-refractivity contribution < 1.29 is 17.6 Å². The van der Waals surface area contributed by atoms with Crippen LogP contribution in [0.2, 0.25) is 0 Å². The van der Waals surface area contributed by atoms with Gasteiger partial charge in [-0.25, -0.2) is 14.4 Å². The number of aromatic nitrogens is 3. The zero-order valence-electron chi connectivity index (χ0n) is 16.6. The van der Waals surface area contributed by atoms with Crippen LogP contribution >= 0.6 is 11.3 Å². The number of halogens is 4. The molecule has 0 aromatic carbocycles. The maximum atomic E-state index is 13.4. The Morgan fingerprint density at radius 1 is 1.06 bits per heavy atom. The fourth-order valence-electron chi connectivity index (χ4n) is 4.79. The van der Waals surface area contributed by atoms with Gasteiger partial charge in [-0.15, -0.1) is 11.3 Å². The molecule has 0 aliphatic carbocycles. The predicted molar refractivity (Wildman–Crippen MR) is 110 cm³/mol. The molecule has 31 heavy (non-hydrogen) atoms. The molecular weight excluding hydrogens is 430 g/mol. The third-order valence-corrected chi connectivity index (χ3v) is 7.13. The minimum Gasteiger partial charge on any atom is -0.355 e. The summed E-state index contributed by atoms with van der Waals surface area (Å²) in [7, 11) is 0. The molecule has 0 spiro atoms. The van der Waals surface area contributed by atoms with Gasteiger partial charge in [-0.3, -0.25) is 9.88 Å². The van der Waals surface area contributed by atoms with Crippen molar-refractivity contribution >= 4 is 27.4 Å². The van der Waals surface area contributed by atoms with Crippen LogP contribution < -0.4 is 4.90 Å². The largest absolute Gasteiger partial charge is 0.393 e. The third kappa shape index (κ3) is 4.50. The maximum absolute atomic E-state index is 13.4. The summed E-state index contributed by atoms with van der Waals surface area (Å²) in [4.78, 5) is 17.9. The highest BCUT2D eigenvalue weighted by atomic mass is 32.1. The van der Waals surface area contributed by atoms with Crippen molar-refractivity contribution in [3.8, 4) is 0 Å². The highest BCUT2D eigenvalue weighted by Crippen LogP contribution is 2.38. The number of likely N-dealkylation sites (tertiary alicyclic amines) is 1. The summed E-state index contributed by atoms with van der Waals surface area (Å²) < 4.78 is 51.9. The van der Waals surface area contributed by atoms with Gasteiger partial charge < -0.3 is 4.90 Å². The average molecular weight is 451 g/mol. The minimum atomic E-state index is -4.24. The first kappa shape index (κ1) is 20.6. The quantitative estimate of drug-likeness (QED) is 0.554. The summed E-state index contributed by atoms with van der Waals surface area (Å²) in [5.41, 5.74) is 0.862. The number of hydrogen-bond acceptors (Lipinski definition) is 6. The molecule has 3 aromatic heterocycles. The molecule has 5 heterocycles. The molecule has 5 rings (SSSR count). The van der Waals surface area contributed by atoms with E-state index in [4.69, 9.17) is 0 Å². The van der Waals surface area contributed by atoms with Crippen LogP contribution in [0.4, 0.5) is 23.4 Å². The molecule has 164 valence electrons. The molecular formula is C21H21F4N5S. The van der Waals surface area contributed by atoms with Crippen molar-refractivity contribution in [3.63, 3.8) is 0 Å². The van der Waals surface area contributed by atoms with Gasteiger partial charge in [0.05, 0.1) is 18.0 Å². The molecule has 3 aromatic rings. The van der Waals surface area contributed by atoms with Crippen molar-refractivity contribution in [1.82, 2.24) is 19.9 Å². The summed E-state index contributed by atoms with van der Waals surface area (Å²) in [6.45, 7) is 4.14. The van der Waals surface area contributed by atoms with Gasteiger partial charge >= 0.3 is 6.18 Å². The van der Waals surface area contributed by atoms with Crippen LogP contribution in [0, 0.1) is 17.7 Å². The molecule has 0 radical (unpaired) electrons. The normalized spacial score (nSPS) is 22.3. The molecule has 2 fully saturated rings. The number of alkyl halides is 3. The average Bonchev–Trinajstić information content (AvgIpc) is 3.29. The van der Waals surface area contributed by atoms with Crippen molar-refractivity contribution in [1.29, 1.82) is 0 Å². The van der Waals surface area contributed by atoms with Gasteiger partial charge in [0.25, 0.3) is 0 Å². The minimum absolute atomic E-state index is 0.260. The van der Waals surface area contributed by atoms with E-state index in [1.165, 1.54) is 18.6 Å². The van der Waals surface area contributed by atoms with E-state index in [9.17, 15) is 17.6 Å². The zero-order valence-corrected chi connectivity index (χ0v) is 17.5. The van der Waals surface area contributed by atoms with E-state index in [0.717, 1.165) is 55.3 Å². The summed E-state index contributed by atoms with van der Waals surface area (Å²) in [6.07, 6.45) is 0.193. The Bertz CT molecular complexity index is 1090. The highest BCUT2D eigenvalue weighted by Gasteiger charge is 2.38. The monoisotopic (exact) mass is 451 g/mol. The summed E-state index contributed by atoms with van der Waals surface area (Å²) >= 11 is 1.08. The van der Waals surface area contributed by atoms with Gasteiger partial charge in [-0.05, 0) is 42.5 Å². The van der Waals surface area contributed by atoms with E-state index in [-0.39, 0.29) is 10.7 Å². The first-order valence-electron chi connectivity index (χ1n) is 10.2. The molecule has 10 heteroatoms. The van der Waals surface area contributed by atoms with E-state index >= 15 is 0 Å². The number of piperidine rings is 1. The summed E-state index contributed by atoms with van der Waals surface area (Å²) in [5.74, 6) is 1.35. The topological polar surface area (TPSA) is 45.2 Å². The Morgan fingerprint density at radius 2 is 1.90 bits per heavy atom. The summed E-state index contributed by atoms with van der Waals surface area (Å²) in [5, 5.41) is 0.702. The van der Waals surface area contributed by atoms with Crippen LogP contribution in [0.3, 0.4) is 0 Å². The number of hydrogen-bond donors (Lipinski definition) is 0. The first-order valence-corrected chi connectivity index (χ1v) is 11.0. The maximum Gasteiger partial charge on any atom is 0.393 e. The highest BCUT2D eigenvalue weighted by molar-refractivity contribution is 7.18. The standard InChI is InChI=1S/C21H21F4N5S/c22-16-3-13(6-26-7-16)8-29-2-1-14-10-30(11-15(14)9-29)19-18-4-17(5-21(23,24)25)31-20(18)28-12-27-19/h3-4,6-7,12,14-15H,1-2,5,8-11H2/t14-,15+/m1/s1. The Morgan fingerprint density at radius 3 is 2.71 bits per heavy atom. The van der Waals surface area contributed by atoms with Crippen LogP contribution in [0.25, 0.3) is 10.2 Å². The Balaban J connectivity index is 1.31. The second-order valence-electron chi connectivity index (χ2n) is 8.38. The molecule has 0 bridgehead atoms. The molecule has 2 aliphatic heterocycles. The Labute approximate surface area is 180 Å². The van der Waals surface area contributed by atoms with E-state index in [1.807, 2.05) is 0 Å². The molecule has 2 aliphatic rings. The molecule has 2 atom stereocenters. The number of nitrogens with zero attached hydrogens (tertiary/aromatic N) is 5. The van der Waals surface area contributed by atoms with Gasteiger partial charge in [0.2, 0.25) is 0 Å². The Kier molecular flexibility index (Phi) is 5.29. The number of pyridine rings is 1. The molecule has 0 N–H and O–H groups in total. The van der Waals surface area contributed by atoms with Crippen molar-refractivity contribution in [2.24, 2.45) is 11.8 Å². The van der Waals surface area contributed by atoms with Gasteiger partial charge in [0.1, 0.15) is 22.8 Å². The lowest BCUT2D eigenvalue weighted by Gasteiger charge is -2.34. The van der Waals surface area contributed by atoms with Crippen LogP contribution in [0.15, 0.2) is 30.9 Å². The molecule has 0 unspecified atom stereocenters. The number of fused-ring (bicyclic) bond motifs is 2. The van der Waals surface area contributed by atoms with Crippen LogP contribution in [-0.4, -0.2) is 52.2 Å². The van der Waals surface area contributed by atoms with E-state index in [1.54, 1.807) is 12.3 Å². The van der Waals surface area contributed by atoms with Crippen molar-refractivity contribution in [2.75, 3.05) is 31.1 Å². The third-order valence-electron chi connectivity index (χ3n) is 6.09. The fraction of sp³-hybridized carbons (Fsp3) is 0.476. The lowest BCUT2D eigenvalue weighted by molar-refractivity contribution is -0.126. The molecule has 0 saturated carbocycles. The van der Waals surface area contributed by atoms with E-state index < -0.39 is 12.6 Å². The zero-order chi connectivity index (χ0) is 21.6. The molecule has 5 nitrogen and oxygen atoms in total. The lowest BCUT2D eigenvalue weighted by Crippen LogP contribution is -2.39. The molecule has 2 saturated heterocycles. The van der Waals surface area contributed by atoms with Crippen LogP contribution in [-0.2, 0) is 13.0 Å². The second-order valence-corrected chi connectivity index (χ2v) is 9.50. The fourth-order valence-corrected chi connectivity index (χ4v) is 5.81. The number of thiophene rings is 1. The van der Waals surface area contributed by atoms with E-state index in [2.05, 4.69) is 24.8 Å². The SMILES string of the molecule is Fc1cncc(CN2CC[C@@H]3CN(c4ncnc5sc(CC(F)(F)F)cc45)C[C@@H]3C2)c1. The van der Waals surface area contributed by atoms with Crippen LogP contribution in [0.1, 0.15) is 16.9 Å². The van der Waals surface area contributed by atoms with E-state index in [0.29, 0.717) is 28.6 Å². The lowest BCUT2D eigenvalue weighted by atomic mass is 9.88. The van der Waals surface area contributed by atoms with Gasteiger partial charge in [-0.1, -0.05) is 0 Å². The second kappa shape index (κ2) is 7.98. The summed E-state index contributed by atoms with van der Waals surface area (Å²) in [6, 6.07) is 3.11. The molecule has 0 amide bonds. The Hall–Kier alpha value is -2.33. The van der Waals surface area contributed by atoms with Gasteiger partial charge in [0, 0.05) is 37.3 Å². The van der Waals surface area contributed by atoms with Crippen LogP contribution in [0.5, 0.6) is 0 Å². The smallest absolute Gasteiger partial charge is 0.355 e. The first-order chi connectivity index (χ1) is 14.8. The number of rotatable bonds is 4. The predicted octanol–water partition coefficient (Wildman–Crippen LogP) is 4.29.